The van der Waals surface area contributed by atoms with Crippen LogP contribution in [-0.2, 0) is 0 Å². The normalized spacial score (nSPS) is 9.89. The minimum absolute atomic E-state index is 0.0250. The molecule has 18 heavy (non-hydrogen) atoms. The number of nitrogens with one attached hydrogen (secondary N) is 1. The van der Waals surface area contributed by atoms with E-state index < -0.39 is 11.6 Å². The molecule has 5 heteroatoms. The highest BCUT2D eigenvalue weighted by Gasteiger charge is 2.08. The fourth-order valence-corrected chi connectivity index (χ4v) is 1.98. The molecule has 0 aliphatic carbocycles. The van der Waals surface area contributed by atoms with Crippen LogP contribution in [0, 0.1) is 23.0 Å². The number of nitriles is 1. The van der Waals surface area contributed by atoms with Gasteiger partial charge in [-0.05, 0) is 30.3 Å². The molecule has 2 nitrogen and oxygen atoms in total. The second-order valence-electron chi connectivity index (χ2n) is 3.57. The third-order valence-electron chi connectivity index (χ3n) is 2.26. The Morgan fingerprint density at radius 3 is 2.67 bits per heavy atom. The highest BCUT2D eigenvalue weighted by atomic mass is 79.9. The molecule has 0 heterocycles. The van der Waals surface area contributed by atoms with Crippen molar-refractivity contribution in [1.82, 2.24) is 0 Å². The Kier molecular flexibility index (Phi) is 3.58. The summed E-state index contributed by atoms with van der Waals surface area (Å²) in [5.74, 6) is -1.87. The summed E-state index contributed by atoms with van der Waals surface area (Å²) >= 11 is 3.24. The molecule has 0 aromatic heterocycles. The van der Waals surface area contributed by atoms with Crippen molar-refractivity contribution >= 4 is 27.3 Å². The lowest BCUT2D eigenvalue weighted by molar-refractivity contribution is 0.512. The van der Waals surface area contributed by atoms with Gasteiger partial charge in [0.1, 0.15) is 0 Å². The van der Waals surface area contributed by atoms with E-state index in [0.29, 0.717) is 15.7 Å². The summed E-state index contributed by atoms with van der Waals surface area (Å²) in [5, 5.41) is 11.6. The van der Waals surface area contributed by atoms with Crippen molar-refractivity contribution in [2.45, 2.75) is 0 Å². The molecule has 0 aliphatic rings. The minimum Gasteiger partial charge on any atom is -0.353 e. The maximum absolute atomic E-state index is 13.5. The molecule has 1 N–H and O–H groups in total. The van der Waals surface area contributed by atoms with Crippen LogP contribution in [-0.4, -0.2) is 0 Å². The van der Waals surface area contributed by atoms with E-state index in [0.717, 1.165) is 6.07 Å². The summed E-state index contributed by atoms with van der Waals surface area (Å²) in [6.07, 6.45) is 0. The van der Waals surface area contributed by atoms with Crippen molar-refractivity contribution in [2.75, 3.05) is 5.32 Å². The van der Waals surface area contributed by atoms with E-state index in [2.05, 4.69) is 21.2 Å². The lowest BCUT2D eigenvalue weighted by Crippen LogP contribution is -1.96. The van der Waals surface area contributed by atoms with Gasteiger partial charge in [0, 0.05) is 10.2 Å². The Morgan fingerprint density at radius 1 is 1.17 bits per heavy atom. The molecule has 0 fully saturated rings. The highest BCUT2D eigenvalue weighted by Crippen LogP contribution is 2.25. The lowest BCUT2D eigenvalue weighted by Gasteiger charge is -2.08. The Bertz CT molecular complexity index is 635. The van der Waals surface area contributed by atoms with Crippen molar-refractivity contribution < 1.29 is 8.78 Å². The number of hydrogen-bond acceptors (Lipinski definition) is 2. The fourth-order valence-electron chi connectivity index (χ4n) is 1.48. The number of nitrogens with zero attached hydrogens (tertiary/aromatic N) is 1. The van der Waals surface area contributed by atoms with Crippen LogP contribution in [0.4, 0.5) is 20.2 Å². The van der Waals surface area contributed by atoms with E-state index in [1.54, 1.807) is 18.2 Å². The maximum atomic E-state index is 13.5. The minimum atomic E-state index is -0.948. The second-order valence-corrected chi connectivity index (χ2v) is 4.48. The Balaban J connectivity index is 2.37. The van der Waals surface area contributed by atoms with Crippen molar-refractivity contribution in [3.63, 3.8) is 0 Å². The number of halogens is 3. The van der Waals surface area contributed by atoms with Gasteiger partial charge in [-0.25, -0.2) is 8.78 Å². The third-order valence-corrected chi connectivity index (χ3v) is 2.72. The highest BCUT2D eigenvalue weighted by molar-refractivity contribution is 9.10. The molecule has 0 bridgehead atoms. The van der Waals surface area contributed by atoms with Crippen molar-refractivity contribution in [3.05, 3.63) is 58.1 Å². The third kappa shape index (κ3) is 2.66. The molecule has 0 radical (unpaired) electrons. The van der Waals surface area contributed by atoms with E-state index in [9.17, 15) is 8.78 Å². The van der Waals surface area contributed by atoms with Crippen LogP contribution in [0.3, 0.4) is 0 Å². The van der Waals surface area contributed by atoms with Crippen LogP contribution in [0.1, 0.15) is 5.56 Å². The number of benzene rings is 2. The van der Waals surface area contributed by atoms with Crippen molar-refractivity contribution in [3.8, 4) is 6.07 Å². The number of hydrogen-bond donors (Lipinski definition) is 1. The van der Waals surface area contributed by atoms with Crippen LogP contribution in [0.15, 0.2) is 40.9 Å². The molecular formula is C13H7BrF2N2. The summed E-state index contributed by atoms with van der Waals surface area (Å²) in [6.45, 7) is 0. The SMILES string of the molecule is N#Cc1cc(Br)cc(Nc2cccc(F)c2F)c1. The van der Waals surface area contributed by atoms with Gasteiger partial charge in [-0.2, -0.15) is 5.26 Å². The molecule has 2 aromatic carbocycles. The molecule has 2 rings (SSSR count). The van der Waals surface area contributed by atoms with Gasteiger partial charge in [-0.1, -0.05) is 22.0 Å². The van der Waals surface area contributed by atoms with Gasteiger partial charge in [0.15, 0.2) is 11.6 Å². The fraction of sp³-hybridized carbons (Fsp3) is 0. The summed E-state index contributed by atoms with van der Waals surface area (Å²) in [6, 6.07) is 10.7. The molecule has 2 aromatic rings. The number of anilines is 2. The van der Waals surface area contributed by atoms with Gasteiger partial charge in [0.25, 0.3) is 0 Å². The van der Waals surface area contributed by atoms with Gasteiger partial charge >= 0.3 is 0 Å². The average Bonchev–Trinajstić information content (AvgIpc) is 2.34. The van der Waals surface area contributed by atoms with Crippen LogP contribution in [0.2, 0.25) is 0 Å². The standard InChI is InChI=1S/C13H7BrF2N2/c14-9-4-8(7-17)5-10(6-9)18-12-3-1-2-11(15)13(12)16/h1-6,18H. The van der Waals surface area contributed by atoms with Gasteiger partial charge in [-0.3, -0.25) is 0 Å². The van der Waals surface area contributed by atoms with Gasteiger partial charge in [0.2, 0.25) is 0 Å². The maximum Gasteiger partial charge on any atom is 0.182 e. The molecule has 0 atom stereocenters. The predicted octanol–water partition coefficient (Wildman–Crippen LogP) is 4.34. The average molecular weight is 309 g/mol. The summed E-state index contributed by atoms with van der Waals surface area (Å²) < 4.78 is 27.2. The van der Waals surface area contributed by atoms with E-state index in [4.69, 9.17) is 5.26 Å². The molecule has 90 valence electrons. The van der Waals surface area contributed by atoms with Crippen molar-refractivity contribution in [1.29, 1.82) is 5.26 Å². The lowest BCUT2D eigenvalue weighted by atomic mass is 10.2. The largest absolute Gasteiger partial charge is 0.353 e. The van der Waals surface area contributed by atoms with Gasteiger partial charge in [-0.15, -0.1) is 0 Å². The first-order chi connectivity index (χ1) is 8.60. The molecule has 0 spiro atoms. The van der Waals surface area contributed by atoms with E-state index in [1.807, 2.05) is 6.07 Å². The zero-order valence-corrected chi connectivity index (χ0v) is 10.6. The first-order valence-electron chi connectivity index (χ1n) is 5.02. The van der Waals surface area contributed by atoms with Crippen LogP contribution < -0.4 is 5.32 Å². The predicted molar refractivity (Wildman–Crippen MR) is 68.5 cm³/mol. The molecule has 0 saturated heterocycles. The first-order valence-corrected chi connectivity index (χ1v) is 5.81. The Labute approximate surface area is 111 Å². The van der Waals surface area contributed by atoms with Crippen LogP contribution in [0.25, 0.3) is 0 Å². The number of rotatable bonds is 2. The van der Waals surface area contributed by atoms with E-state index in [-0.39, 0.29) is 5.69 Å². The summed E-state index contributed by atoms with van der Waals surface area (Å²) in [5.41, 5.74) is 0.950. The zero-order valence-electron chi connectivity index (χ0n) is 9.05. The van der Waals surface area contributed by atoms with Crippen LogP contribution >= 0.6 is 15.9 Å². The Morgan fingerprint density at radius 2 is 1.94 bits per heavy atom. The van der Waals surface area contributed by atoms with Gasteiger partial charge in [0.05, 0.1) is 17.3 Å². The Hall–Kier alpha value is -1.93. The molecular weight excluding hydrogens is 302 g/mol. The summed E-state index contributed by atoms with van der Waals surface area (Å²) in [7, 11) is 0. The molecule has 0 aliphatic heterocycles. The first kappa shape index (κ1) is 12.5. The zero-order chi connectivity index (χ0) is 13.1. The van der Waals surface area contributed by atoms with E-state index >= 15 is 0 Å². The summed E-state index contributed by atoms with van der Waals surface area (Å²) in [4.78, 5) is 0. The molecule has 0 amide bonds. The van der Waals surface area contributed by atoms with Gasteiger partial charge < -0.3 is 5.32 Å². The smallest absolute Gasteiger partial charge is 0.182 e. The quantitative estimate of drug-likeness (QED) is 0.895. The van der Waals surface area contributed by atoms with E-state index in [1.165, 1.54) is 12.1 Å². The second kappa shape index (κ2) is 5.15. The topological polar surface area (TPSA) is 35.8 Å². The molecule has 0 saturated carbocycles. The molecule has 0 unspecified atom stereocenters. The van der Waals surface area contributed by atoms with Crippen LogP contribution in [0.5, 0.6) is 0 Å². The monoisotopic (exact) mass is 308 g/mol. The van der Waals surface area contributed by atoms with Crippen molar-refractivity contribution in [2.24, 2.45) is 0 Å².